The molecule has 0 fully saturated rings. The van der Waals surface area contributed by atoms with Crippen LogP contribution in [0.2, 0.25) is 5.02 Å². The van der Waals surface area contributed by atoms with E-state index in [0.29, 0.717) is 52.1 Å². The Kier molecular flexibility index (Phi) is 9.36. The summed E-state index contributed by atoms with van der Waals surface area (Å²) < 4.78 is 19.2. The molecule has 0 amide bonds. The molecule has 0 bridgehead atoms. The Labute approximate surface area is 232 Å². The molecule has 1 atom stereocenters. The minimum absolute atomic E-state index is 0.103. The maximum absolute atomic E-state index is 13.2. The van der Waals surface area contributed by atoms with Gasteiger partial charge in [0.2, 0.25) is 11.1 Å². The van der Waals surface area contributed by atoms with Crippen molar-refractivity contribution in [1.29, 1.82) is 0 Å². The lowest BCUT2D eigenvalue weighted by molar-refractivity contribution is -0.138. The fraction of sp³-hybridized carbons (Fsp3) is 0.321. The minimum atomic E-state index is -0.573. The number of aromatic nitrogens is 3. The summed E-state index contributed by atoms with van der Waals surface area (Å²) in [5.41, 5.74) is 2.86. The van der Waals surface area contributed by atoms with E-state index < -0.39 is 12.0 Å². The average molecular weight is 555 g/mol. The van der Waals surface area contributed by atoms with Gasteiger partial charge < -0.3 is 19.5 Å². The van der Waals surface area contributed by atoms with Gasteiger partial charge in [-0.05, 0) is 55.7 Å². The van der Waals surface area contributed by atoms with E-state index in [-0.39, 0.29) is 6.61 Å². The highest BCUT2D eigenvalue weighted by atomic mass is 35.5. The fourth-order valence-electron chi connectivity index (χ4n) is 3.99. The molecule has 0 spiro atoms. The quantitative estimate of drug-likeness (QED) is 0.156. The number of carbonyl (C=O) groups is 1. The van der Waals surface area contributed by atoms with Crippen LogP contribution in [0.15, 0.2) is 71.5 Å². The molecule has 0 saturated heterocycles. The van der Waals surface area contributed by atoms with Gasteiger partial charge in [-0.1, -0.05) is 61.1 Å². The number of esters is 1. The van der Waals surface area contributed by atoms with Gasteiger partial charge >= 0.3 is 5.97 Å². The van der Waals surface area contributed by atoms with Gasteiger partial charge in [0.15, 0.2) is 11.5 Å². The molecule has 1 N–H and O–H groups in total. The minimum Gasteiger partial charge on any atom is -0.490 e. The van der Waals surface area contributed by atoms with Crippen LogP contribution in [0.1, 0.15) is 44.4 Å². The number of hydrogen-bond donors (Lipinski definition) is 1. The summed E-state index contributed by atoms with van der Waals surface area (Å²) in [7, 11) is 0. The van der Waals surface area contributed by atoms with Crippen molar-refractivity contribution in [2.75, 3.05) is 24.3 Å². The van der Waals surface area contributed by atoms with Gasteiger partial charge in [-0.3, -0.25) is 0 Å². The molecule has 38 heavy (non-hydrogen) atoms. The predicted octanol–water partition coefficient (Wildman–Crippen LogP) is 6.43. The van der Waals surface area contributed by atoms with Crippen molar-refractivity contribution >= 4 is 35.3 Å². The normalized spacial score (nSPS) is 14.5. The van der Waals surface area contributed by atoms with E-state index in [4.69, 9.17) is 30.9 Å². The van der Waals surface area contributed by atoms with Gasteiger partial charge in [0.05, 0.1) is 12.2 Å². The number of hydrogen-bond acceptors (Lipinski definition) is 8. The molecule has 1 unspecified atom stereocenters. The predicted molar refractivity (Wildman–Crippen MR) is 150 cm³/mol. The highest BCUT2D eigenvalue weighted by Gasteiger charge is 2.35. The zero-order valence-corrected chi connectivity index (χ0v) is 23.3. The molecule has 8 nitrogen and oxygen atoms in total. The van der Waals surface area contributed by atoms with Gasteiger partial charge in [0.25, 0.3) is 0 Å². The summed E-state index contributed by atoms with van der Waals surface area (Å²) in [5.74, 6) is 2.16. The number of ether oxygens (including phenoxy) is 3. The summed E-state index contributed by atoms with van der Waals surface area (Å²) in [5, 5.41) is 9.27. The van der Waals surface area contributed by atoms with Crippen molar-refractivity contribution in [3.8, 4) is 11.5 Å². The van der Waals surface area contributed by atoms with Crippen LogP contribution in [-0.4, -0.2) is 39.7 Å². The van der Waals surface area contributed by atoms with Crippen molar-refractivity contribution in [1.82, 2.24) is 14.8 Å². The summed E-state index contributed by atoms with van der Waals surface area (Å²) in [6.45, 7) is 10.4. The van der Waals surface area contributed by atoms with Crippen LogP contribution in [0, 0.1) is 0 Å². The molecule has 0 aliphatic carbocycles. The van der Waals surface area contributed by atoms with Gasteiger partial charge in [0.1, 0.15) is 19.3 Å². The number of halogens is 1. The first-order chi connectivity index (χ1) is 18.4. The second-order valence-electron chi connectivity index (χ2n) is 8.52. The van der Waals surface area contributed by atoms with Crippen molar-refractivity contribution in [2.24, 2.45) is 0 Å². The third kappa shape index (κ3) is 6.34. The van der Waals surface area contributed by atoms with E-state index in [2.05, 4.69) is 23.8 Å². The standard InChI is InChI=1S/C28H31ClN4O4S/c1-5-14-36-26(34)24-18(4)30-27-31-28(38-15-6-2)32-33(27)25(24)20-10-13-22(23(16-20)35-7-3)37-17-19-8-11-21(29)12-9-19/h5,8-13,16,25H,1,6-7,14-15,17H2,2-4H3,(H,30,31,32). The van der Waals surface area contributed by atoms with Crippen molar-refractivity contribution in [3.63, 3.8) is 0 Å². The number of fused-ring (bicyclic) bond motifs is 1. The maximum Gasteiger partial charge on any atom is 0.338 e. The summed E-state index contributed by atoms with van der Waals surface area (Å²) >= 11 is 7.57. The second-order valence-corrected chi connectivity index (χ2v) is 10.0. The van der Waals surface area contributed by atoms with E-state index in [1.807, 2.05) is 56.3 Å². The first-order valence-corrected chi connectivity index (χ1v) is 13.8. The van der Waals surface area contributed by atoms with E-state index in [9.17, 15) is 4.79 Å². The van der Waals surface area contributed by atoms with E-state index >= 15 is 0 Å². The monoisotopic (exact) mass is 554 g/mol. The largest absolute Gasteiger partial charge is 0.490 e. The lowest BCUT2D eigenvalue weighted by Crippen LogP contribution is -2.29. The van der Waals surface area contributed by atoms with Crippen LogP contribution < -0.4 is 14.8 Å². The third-order valence-electron chi connectivity index (χ3n) is 5.71. The number of rotatable bonds is 12. The molecular weight excluding hydrogens is 524 g/mol. The molecule has 2 aromatic carbocycles. The number of thioether (sulfide) groups is 1. The number of nitrogens with zero attached hydrogens (tertiary/aromatic N) is 3. The van der Waals surface area contributed by atoms with Crippen LogP contribution in [0.4, 0.5) is 5.95 Å². The Morgan fingerprint density at radius 1 is 1.18 bits per heavy atom. The van der Waals surface area contributed by atoms with Crippen LogP contribution in [0.5, 0.6) is 11.5 Å². The second kappa shape index (κ2) is 12.9. The van der Waals surface area contributed by atoms with E-state index in [1.54, 1.807) is 22.5 Å². The van der Waals surface area contributed by atoms with Gasteiger partial charge in [-0.15, -0.1) is 5.10 Å². The molecule has 200 valence electrons. The van der Waals surface area contributed by atoms with Crippen LogP contribution in [0.25, 0.3) is 0 Å². The van der Waals surface area contributed by atoms with Crippen LogP contribution >= 0.6 is 23.4 Å². The molecule has 0 saturated carbocycles. The molecule has 0 radical (unpaired) electrons. The molecule has 1 aromatic heterocycles. The van der Waals surface area contributed by atoms with Crippen molar-refractivity contribution in [3.05, 3.63) is 82.5 Å². The Hall–Kier alpha value is -3.43. The molecular formula is C28H31ClN4O4S. The Balaban J connectivity index is 1.72. The number of nitrogens with one attached hydrogen (secondary N) is 1. The Morgan fingerprint density at radius 2 is 1.97 bits per heavy atom. The van der Waals surface area contributed by atoms with Crippen molar-refractivity contribution in [2.45, 2.75) is 45.0 Å². The number of anilines is 1. The smallest absolute Gasteiger partial charge is 0.338 e. The first-order valence-electron chi connectivity index (χ1n) is 12.4. The number of allylic oxidation sites excluding steroid dienone is 1. The highest BCUT2D eigenvalue weighted by Crippen LogP contribution is 2.40. The fourth-order valence-corrected chi connectivity index (χ4v) is 4.80. The SMILES string of the molecule is C=CCOC(=O)C1=C(C)Nc2nc(SCCC)nn2C1c1ccc(OCc2ccc(Cl)cc2)c(OCC)c1. The molecule has 3 aromatic rings. The average Bonchev–Trinajstić information content (AvgIpc) is 3.32. The zero-order valence-electron chi connectivity index (χ0n) is 21.7. The highest BCUT2D eigenvalue weighted by molar-refractivity contribution is 7.99. The Bertz CT molecular complexity index is 1320. The first kappa shape index (κ1) is 27.6. The van der Waals surface area contributed by atoms with Gasteiger partial charge in [-0.25, -0.2) is 9.48 Å². The molecule has 10 heteroatoms. The topological polar surface area (TPSA) is 87.5 Å². The van der Waals surface area contributed by atoms with E-state index in [1.165, 1.54) is 0 Å². The van der Waals surface area contributed by atoms with E-state index in [0.717, 1.165) is 23.3 Å². The van der Waals surface area contributed by atoms with Crippen molar-refractivity contribution < 1.29 is 19.0 Å². The Morgan fingerprint density at radius 3 is 2.68 bits per heavy atom. The lowest BCUT2D eigenvalue weighted by atomic mass is 9.95. The number of carbonyl (C=O) groups excluding carboxylic acids is 1. The van der Waals surface area contributed by atoms with Gasteiger partial charge in [0, 0.05) is 16.5 Å². The third-order valence-corrected chi connectivity index (χ3v) is 7.01. The zero-order chi connectivity index (χ0) is 27.1. The van der Waals surface area contributed by atoms with Gasteiger partial charge in [-0.2, -0.15) is 4.98 Å². The maximum atomic E-state index is 13.2. The molecule has 1 aliphatic rings. The summed E-state index contributed by atoms with van der Waals surface area (Å²) in [6, 6.07) is 12.6. The molecule has 2 heterocycles. The summed E-state index contributed by atoms with van der Waals surface area (Å²) in [6.07, 6.45) is 2.54. The van der Waals surface area contributed by atoms with Crippen LogP contribution in [0.3, 0.4) is 0 Å². The molecule has 4 rings (SSSR count). The molecule has 1 aliphatic heterocycles. The summed E-state index contributed by atoms with van der Waals surface area (Å²) in [4.78, 5) is 17.9. The van der Waals surface area contributed by atoms with Crippen LogP contribution in [-0.2, 0) is 16.1 Å². The number of benzene rings is 2. The lowest BCUT2D eigenvalue weighted by Gasteiger charge is -2.28.